The van der Waals surface area contributed by atoms with E-state index in [4.69, 9.17) is 4.42 Å². The van der Waals surface area contributed by atoms with Crippen molar-refractivity contribution in [3.8, 4) is 0 Å². The molecule has 1 aromatic heterocycles. The fraction of sp³-hybridized carbons (Fsp3) is 0.476. The highest BCUT2D eigenvalue weighted by Gasteiger charge is 2.26. The summed E-state index contributed by atoms with van der Waals surface area (Å²) >= 11 is 0. The maximum Gasteiger partial charge on any atom is 0.273 e. The molecule has 1 aliphatic heterocycles. The van der Waals surface area contributed by atoms with Crippen LogP contribution in [-0.2, 0) is 4.79 Å². The minimum atomic E-state index is -0.688. The van der Waals surface area contributed by atoms with Gasteiger partial charge in [-0.2, -0.15) is 0 Å². The monoisotopic (exact) mass is 382 g/mol. The number of amides is 2. The third-order valence-electron chi connectivity index (χ3n) is 5.53. The summed E-state index contributed by atoms with van der Waals surface area (Å²) in [4.78, 5) is 31.4. The summed E-state index contributed by atoms with van der Waals surface area (Å²) < 4.78 is 5.41. The van der Waals surface area contributed by atoms with E-state index >= 15 is 0 Å². The van der Waals surface area contributed by atoms with Crippen LogP contribution in [0.25, 0.3) is 0 Å². The van der Waals surface area contributed by atoms with E-state index in [9.17, 15) is 9.59 Å². The molecule has 2 heterocycles. The van der Waals surface area contributed by atoms with Gasteiger partial charge in [0.05, 0.1) is 0 Å². The van der Waals surface area contributed by atoms with Crippen molar-refractivity contribution in [2.24, 2.45) is 0 Å². The van der Waals surface area contributed by atoms with Gasteiger partial charge in [0.15, 0.2) is 11.6 Å². The number of carbonyl (C=O) groups excluding carboxylic acids is 2. The Morgan fingerprint density at radius 2 is 2.00 bits per heavy atom. The molecule has 1 saturated carbocycles. The molecule has 0 radical (unpaired) electrons. The van der Waals surface area contributed by atoms with E-state index in [1.54, 1.807) is 6.92 Å². The first-order valence-electron chi connectivity index (χ1n) is 10.0. The van der Waals surface area contributed by atoms with Crippen LogP contribution < -0.4 is 15.5 Å². The Morgan fingerprint density at radius 3 is 2.71 bits per heavy atom. The number of nitrogens with zero attached hydrogens (tertiary/aromatic N) is 2. The van der Waals surface area contributed by atoms with Crippen LogP contribution in [0, 0.1) is 0 Å². The van der Waals surface area contributed by atoms with E-state index in [0.29, 0.717) is 11.8 Å². The summed E-state index contributed by atoms with van der Waals surface area (Å²) in [5.41, 5.74) is 2.06. The molecule has 2 N–H and O–H groups in total. The molecule has 1 saturated heterocycles. The zero-order chi connectivity index (χ0) is 19.5. The molecule has 0 bridgehead atoms. The van der Waals surface area contributed by atoms with Crippen molar-refractivity contribution in [1.82, 2.24) is 10.3 Å². The number of hydrogen-bond acceptors (Lipinski definition) is 5. The summed E-state index contributed by atoms with van der Waals surface area (Å²) in [5.74, 6) is 0.273. The average Bonchev–Trinajstić information content (AvgIpc) is 3.32. The zero-order valence-electron chi connectivity index (χ0n) is 16.1. The van der Waals surface area contributed by atoms with E-state index < -0.39 is 11.9 Å². The van der Waals surface area contributed by atoms with Crippen molar-refractivity contribution >= 4 is 23.2 Å². The van der Waals surface area contributed by atoms with Gasteiger partial charge in [-0.3, -0.25) is 9.59 Å². The van der Waals surface area contributed by atoms with E-state index in [1.165, 1.54) is 25.5 Å². The van der Waals surface area contributed by atoms with E-state index in [-0.39, 0.29) is 11.6 Å². The van der Waals surface area contributed by atoms with Crippen molar-refractivity contribution in [3.63, 3.8) is 0 Å². The molecule has 0 spiro atoms. The number of nitrogens with one attached hydrogen (secondary N) is 2. The largest absolute Gasteiger partial charge is 0.448 e. The Hall–Kier alpha value is -2.83. The summed E-state index contributed by atoms with van der Waals surface area (Å²) in [6.07, 6.45) is 7.04. The predicted molar refractivity (Wildman–Crippen MR) is 107 cm³/mol. The molecule has 7 nitrogen and oxygen atoms in total. The molecular weight excluding hydrogens is 356 g/mol. The maximum atomic E-state index is 12.5. The van der Waals surface area contributed by atoms with Gasteiger partial charge in [0.25, 0.3) is 5.91 Å². The summed E-state index contributed by atoms with van der Waals surface area (Å²) in [6.45, 7) is 3.75. The quantitative estimate of drug-likeness (QED) is 0.800. The van der Waals surface area contributed by atoms with Crippen LogP contribution in [0.5, 0.6) is 0 Å². The van der Waals surface area contributed by atoms with Crippen molar-refractivity contribution in [1.29, 1.82) is 0 Å². The normalized spacial score (nSPS) is 17.8. The van der Waals surface area contributed by atoms with Crippen LogP contribution in [0.2, 0.25) is 0 Å². The van der Waals surface area contributed by atoms with E-state index in [2.05, 4.69) is 26.6 Å². The molecule has 2 aliphatic rings. The molecule has 2 fully saturated rings. The topological polar surface area (TPSA) is 87.5 Å². The Bertz CT molecular complexity index is 853. The fourth-order valence-corrected chi connectivity index (χ4v) is 3.58. The third-order valence-corrected chi connectivity index (χ3v) is 5.53. The van der Waals surface area contributed by atoms with Gasteiger partial charge in [0, 0.05) is 30.4 Å². The third kappa shape index (κ3) is 4.03. The SMILES string of the molecule is CC(NC(=O)c1coc(C2CCC2)n1)C(=O)Nc1cccc(N2CCCC2)c1. The number of oxazole rings is 1. The highest BCUT2D eigenvalue weighted by molar-refractivity contribution is 6.00. The average molecular weight is 382 g/mol. The predicted octanol–water partition coefficient (Wildman–Crippen LogP) is 3.30. The van der Waals surface area contributed by atoms with Gasteiger partial charge < -0.3 is 20.0 Å². The number of benzene rings is 1. The minimum absolute atomic E-state index is 0.220. The standard InChI is InChI=1S/C21H26N4O3/c1-14(22-20(27)18-13-28-21(24-18)15-6-4-7-15)19(26)23-16-8-5-9-17(12-16)25-10-2-3-11-25/h5,8-9,12-15H,2-4,6-7,10-11H2,1H3,(H,22,27)(H,23,26). The van der Waals surface area contributed by atoms with E-state index in [0.717, 1.165) is 37.3 Å². The van der Waals surface area contributed by atoms with Crippen molar-refractivity contribution < 1.29 is 14.0 Å². The maximum absolute atomic E-state index is 12.5. The van der Waals surface area contributed by atoms with Crippen LogP contribution in [0.4, 0.5) is 11.4 Å². The Morgan fingerprint density at radius 1 is 1.21 bits per heavy atom. The molecule has 2 aromatic rings. The number of hydrogen-bond donors (Lipinski definition) is 2. The summed E-state index contributed by atoms with van der Waals surface area (Å²) in [6, 6.07) is 7.13. The molecule has 1 aliphatic carbocycles. The zero-order valence-corrected chi connectivity index (χ0v) is 16.1. The number of anilines is 2. The lowest BCUT2D eigenvalue weighted by atomic mass is 9.85. The smallest absolute Gasteiger partial charge is 0.273 e. The first kappa shape index (κ1) is 18.5. The molecule has 1 aromatic carbocycles. The second kappa shape index (κ2) is 8.04. The molecule has 28 heavy (non-hydrogen) atoms. The van der Waals surface area contributed by atoms with Gasteiger partial charge in [-0.15, -0.1) is 0 Å². The van der Waals surface area contributed by atoms with Gasteiger partial charge in [0.2, 0.25) is 5.91 Å². The second-order valence-electron chi connectivity index (χ2n) is 7.63. The van der Waals surface area contributed by atoms with Gasteiger partial charge in [0.1, 0.15) is 12.3 Å². The van der Waals surface area contributed by atoms with Crippen LogP contribution in [0.15, 0.2) is 34.9 Å². The van der Waals surface area contributed by atoms with Crippen LogP contribution in [-0.4, -0.2) is 35.9 Å². The van der Waals surface area contributed by atoms with Crippen LogP contribution in [0.3, 0.4) is 0 Å². The first-order valence-corrected chi connectivity index (χ1v) is 10.0. The lowest BCUT2D eigenvalue weighted by molar-refractivity contribution is -0.117. The fourth-order valence-electron chi connectivity index (χ4n) is 3.58. The van der Waals surface area contributed by atoms with E-state index in [1.807, 2.05) is 18.2 Å². The van der Waals surface area contributed by atoms with Gasteiger partial charge in [-0.1, -0.05) is 12.5 Å². The highest BCUT2D eigenvalue weighted by Crippen LogP contribution is 2.35. The second-order valence-corrected chi connectivity index (χ2v) is 7.63. The molecule has 7 heteroatoms. The molecule has 2 amide bonds. The molecule has 4 rings (SSSR count). The molecular formula is C21H26N4O3. The van der Waals surface area contributed by atoms with Crippen molar-refractivity contribution in [2.75, 3.05) is 23.3 Å². The molecule has 1 unspecified atom stereocenters. The Balaban J connectivity index is 1.33. The van der Waals surface area contributed by atoms with Gasteiger partial charge in [-0.25, -0.2) is 4.98 Å². The summed E-state index contributed by atoms with van der Waals surface area (Å²) in [7, 11) is 0. The lowest BCUT2D eigenvalue weighted by Gasteiger charge is -2.21. The van der Waals surface area contributed by atoms with Crippen molar-refractivity contribution in [3.05, 3.63) is 42.1 Å². The number of rotatable bonds is 6. The van der Waals surface area contributed by atoms with Gasteiger partial charge in [-0.05, 0) is 50.8 Å². The molecule has 1 atom stereocenters. The number of carbonyl (C=O) groups is 2. The summed E-state index contributed by atoms with van der Waals surface area (Å²) in [5, 5.41) is 5.57. The first-order chi connectivity index (χ1) is 13.6. The Labute approximate surface area is 164 Å². The Kier molecular flexibility index (Phi) is 5.32. The number of aromatic nitrogens is 1. The lowest BCUT2D eigenvalue weighted by Crippen LogP contribution is -2.41. The van der Waals surface area contributed by atoms with Gasteiger partial charge >= 0.3 is 0 Å². The minimum Gasteiger partial charge on any atom is -0.448 e. The van der Waals surface area contributed by atoms with Crippen LogP contribution in [0.1, 0.15) is 61.3 Å². The molecule has 148 valence electrons. The highest BCUT2D eigenvalue weighted by atomic mass is 16.3. The van der Waals surface area contributed by atoms with Crippen molar-refractivity contribution in [2.45, 2.75) is 51.0 Å². The van der Waals surface area contributed by atoms with Crippen LogP contribution >= 0.6 is 0 Å².